The van der Waals surface area contributed by atoms with Gasteiger partial charge in [-0.2, -0.15) is 4.98 Å². The third kappa shape index (κ3) is 4.84. The summed E-state index contributed by atoms with van der Waals surface area (Å²) < 4.78 is 25.5. The molecule has 38 heavy (non-hydrogen) atoms. The zero-order valence-electron chi connectivity index (χ0n) is 20.2. The van der Waals surface area contributed by atoms with E-state index in [1.54, 1.807) is 28.8 Å². The lowest BCUT2D eigenvalue weighted by atomic mass is 10.1. The molecule has 0 aliphatic heterocycles. The van der Waals surface area contributed by atoms with Crippen molar-refractivity contribution in [2.75, 3.05) is 11.1 Å². The number of nitrogens with two attached hydrogens (primary N) is 2. The van der Waals surface area contributed by atoms with Crippen LogP contribution < -0.4 is 21.7 Å². The molecule has 5 rings (SSSR count). The molecule has 5 aromatic rings. The van der Waals surface area contributed by atoms with Crippen molar-refractivity contribution < 1.29 is 8.42 Å². The maximum absolute atomic E-state index is 13.7. The fraction of sp³-hybridized carbons (Fsp3) is 0.0741. The van der Waals surface area contributed by atoms with Gasteiger partial charge >= 0.3 is 0 Å². The molecule has 9 nitrogen and oxygen atoms in total. The summed E-state index contributed by atoms with van der Waals surface area (Å²) in [7, 11) is -3.92. The molecule has 0 aliphatic rings. The molecule has 5 N–H and O–H groups in total. The Morgan fingerprint density at radius 2 is 1.74 bits per heavy atom. The number of hydrogen-bond acceptors (Lipinski definition) is 7. The fourth-order valence-corrected chi connectivity index (χ4v) is 5.16. The number of sulfonamides is 1. The van der Waals surface area contributed by atoms with Crippen LogP contribution in [0.3, 0.4) is 0 Å². The van der Waals surface area contributed by atoms with Gasteiger partial charge in [-0.3, -0.25) is 9.36 Å². The molecule has 0 unspecified atom stereocenters. The van der Waals surface area contributed by atoms with Crippen LogP contribution >= 0.6 is 11.6 Å². The summed E-state index contributed by atoms with van der Waals surface area (Å²) in [6.45, 7) is 1.88. The first-order valence-corrected chi connectivity index (χ1v) is 13.5. The molecule has 0 spiro atoms. The van der Waals surface area contributed by atoms with Gasteiger partial charge in [-0.15, -0.1) is 0 Å². The third-order valence-corrected chi connectivity index (χ3v) is 7.34. The SMILES string of the molecule is C[C@H](Nc1nc(N)ncc1-c1cccc(S(N)(=O)=O)c1)c1cc2cccc(Cl)c2c(=O)n1-c1ccccc1. The Hall–Kier alpha value is -4.25. The number of pyridine rings is 1. The van der Waals surface area contributed by atoms with Crippen LogP contribution in [-0.4, -0.2) is 23.0 Å². The van der Waals surface area contributed by atoms with E-state index in [0.29, 0.717) is 44.1 Å². The van der Waals surface area contributed by atoms with Gasteiger partial charge in [0.05, 0.1) is 21.3 Å². The maximum Gasteiger partial charge on any atom is 0.264 e. The average Bonchev–Trinajstić information content (AvgIpc) is 2.88. The Labute approximate surface area is 223 Å². The molecule has 0 amide bonds. The lowest BCUT2D eigenvalue weighted by Gasteiger charge is -2.23. The number of para-hydroxylation sites is 1. The predicted molar refractivity (Wildman–Crippen MR) is 150 cm³/mol. The van der Waals surface area contributed by atoms with E-state index in [2.05, 4.69) is 15.3 Å². The van der Waals surface area contributed by atoms with Crippen molar-refractivity contribution in [2.45, 2.75) is 17.9 Å². The normalized spacial score (nSPS) is 12.4. The molecule has 2 heterocycles. The van der Waals surface area contributed by atoms with Crippen LogP contribution in [0.4, 0.5) is 11.8 Å². The van der Waals surface area contributed by atoms with E-state index < -0.39 is 16.1 Å². The highest BCUT2D eigenvalue weighted by molar-refractivity contribution is 7.89. The minimum atomic E-state index is -3.92. The number of nitrogen functional groups attached to an aromatic ring is 1. The topological polar surface area (TPSA) is 146 Å². The highest BCUT2D eigenvalue weighted by atomic mass is 35.5. The second-order valence-corrected chi connectivity index (χ2v) is 10.6. The van der Waals surface area contributed by atoms with Gasteiger partial charge in [0.25, 0.3) is 5.56 Å². The largest absolute Gasteiger partial charge is 0.368 e. The number of anilines is 2. The van der Waals surface area contributed by atoms with Gasteiger partial charge in [-0.05, 0) is 54.3 Å². The third-order valence-electron chi connectivity index (χ3n) is 6.12. The van der Waals surface area contributed by atoms with Crippen LogP contribution in [0.1, 0.15) is 18.7 Å². The Balaban J connectivity index is 1.66. The van der Waals surface area contributed by atoms with Gasteiger partial charge < -0.3 is 11.1 Å². The Bertz CT molecular complexity index is 1840. The number of nitrogens with one attached hydrogen (secondary N) is 1. The van der Waals surface area contributed by atoms with Crippen LogP contribution in [0.15, 0.2) is 94.7 Å². The molecule has 0 radical (unpaired) electrons. The first-order valence-electron chi connectivity index (χ1n) is 11.6. The first-order chi connectivity index (χ1) is 18.1. The number of fused-ring (bicyclic) bond motifs is 1. The van der Waals surface area contributed by atoms with E-state index >= 15 is 0 Å². The Morgan fingerprint density at radius 3 is 2.47 bits per heavy atom. The molecule has 1 atom stereocenters. The van der Waals surface area contributed by atoms with Crippen molar-refractivity contribution in [3.63, 3.8) is 0 Å². The van der Waals surface area contributed by atoms with Crippen LogP contribution in [0, 0.1) is 0 Å². The fourth-order valence-electron chi connectivity index (χ4n) is 4.34. The van der Waals surface area contributed by atoms with Gasteiger partial charge in [0, 0.05) is 23.1 Å². The zero-order valence-corrected chi connectivity index (χ0v) is 21.7. The number of benzene rings is 3. The van der Waals surface area contributed by atoms with Gasteiger partial charge in [0.15, 0.2) is 0 Å². The van der Waals surface area contributed by atoms with Crippen LogP contribution in [0.25, 0.3) is 27.6 Å². The molecule has 2 aromatic heterocycles. The minimum Gasteiger partial charge on any atom is -0.368 e. The molecule has 192 valence electrons. The standard InChI is InChI=1S/C27H23ClN6O3S/c1-16(32-25-21(15-31-27(29)33-25)17-7-5-11-20(13-17)38(30,36)37)23-14-18-8-6-12-22(28)24(18)26(35)34(23)19-9-3-2-4-10-19/h2-16H,1H3,(H2,30,36,37)(H3,29,31,32,33)/t16-/m0/s1. The lowest BCUT2D eigenvalue weighted by molar-refractivity contribution is 0.598. The summed E-state index contributed by atoms with van der Waals surface area (Å²) in [4.78, 5) is 22.2. The van der Waals surface area contributed by atoms with Gasteiger partial charge in [-0.1, -0.05) is 54.1 Å². The molecule has 0 saturated heterocycles. The van der Waals surface area contributed by atoms with Gasteiger partial charge in [0.1, 0.15) is 5.82 Å². The number of primary sulfonamides is 1. The summed E-state index contributed by atoms with van der Waals surface area (Å²) in [5.41, 5.74) is 8.01. The summed E-state index contributed by atoms with van der Waals surface area (Å²) in [6.07, 6.45) is 1.50. The van der Waals surface area contributed by atoms with E-state index in [1.165, 1.54) is 18.3 Å². The van der Waals surface area contributed by atoms with E-state index in [4.69, 9.17) is 22.5 Å². The number of aromatic nitrogens is 3. The van der Waals surface area contributed by atoms with Crippen molar-refractivity contribution >= 4 is 44.2 Å². The average molecular weight is 547 g/mol. The molecule has 0 bridgehead atoms. The van der Waals surface area contributed by atoms with Crippen molar-refractivity contribution in [3.05, 3.63) is 106 Å². The van der Waals surface area contributed by atoms with Gasteiger partial charge in [-0.25, -0.2) is 18.5 Å². The van der Waals surface area contributed by atoms with Crippen LogP contribution in [0.5, 0.6) is 0 Å². The Kier molecular flexibility index (Phi) is 6.62. The molecular weight excluding hydrogens is 524 g/mol. The molecule has 3 aromatic carbocycles. The summed E-state index contributed by atoms with van der Waals surface area (Å²) in [6, 6.07) is 22.2. The van der Waals surface area contributed by atoms with E-state index in [-0.39, 0.29) is 16.4 Å². The molecule has 0 saturated carbocycles. The van der Waals surface area contributed by atoms with E-state index in [1.807, 2.05) is 49.4 Å². The predicted octanol–water partition coefficient (Wildman–Crippen LogP) is 4.50. The lowest BCUT2D eigenvalue weighted by Crippen LogP contribution is -2.26. The smallest absolute Gasteiger partial charge is 0.264 e. The number of halogens is 1. The number of hydrogen-bond donors (Lipinski definition) is 3. The quantitative estimate of drug-likeness (QED) is 0.284. The van der Waals surface area contributed by atoms with Crippen molar-refractivity contribution in [1.82, 2.24) is 14.5 Å². The van der Waals surface area contributed by atoms with Crippen LogP contribution in [0.2, 0.25) is 5.02 Å². The summed E-state index contributed by atoms with van der Waals surface area (Å²) in [5, 5.41) is 10.1. The molecule has 0 fully saturated rings. The first kappa shape index (κ1) is 25.4. The zero-order chi connectivity index (χ0) is 27.0. The molecular formula is C27H23ClN6O3S. The monoisotopic (exact) mass is 546 g/mol. The minimum absolute atomic E-state index is 0.0248. The number of nitrogens with zero attached hydrogens (tertiary/aromatic N) is 3. The Morgan fingerprint density at radius 1 is 1.00 bits per heavy atom. The highest BCUT2D eigenvalue weighted by Crippen LogP contribution is 2.32. The van der Waals surface area contributed by atoms with Crippen molar-refractivity contribution in [3.8, 4) is 16.8 Å². The second kappa shape index (κ2) is 9.90. The van der Waals surface area contributed by atoms with Gasteiger partial charge in [0.2, 0.25) is 16.0 Å². The van der Waals surface area contributed by atoms with Crippen molar-refractivity contribution in [1.29, 1.82) is 0 Å². The summed E-state index contributed by atoms with van der Waals surface area (Å²) in [5.74, 6) is 0.381. The van der Waals surface area contributed by atoms with E-state index in [0.717, 1.165) is 0 Å². The highest BCUT2D eigenvalue weighted by Gasteiger charge is 2.20. The van der Waals surface area contributed by atoms with Crippen LogP contribution in [-0.2, 0) is 10.0 Å². The van der Waals surface area contributed by atoms with Crippen molar-refractivity contribution in [2.24, 2.45) is 5.14 Å². The molecule has 11 heteroatoms. The number of rotatable bonds is 6. The second-order valence-electron chi connectivity index (χ2n) is 8.68. The summed E-state index contributed by atoms with van der Waals surface area (Å²) >= 11 is 6.42. The molecule has 0 aliphatic carbocycles. The van der Waals surface area contributed by atoms with E-state index in [9.17, 15) is 13.2 Å². The maximum atomic E-state index is 13.7.